The largest absolute Gasteiger partial charge is 0.494 e. The van der Waals surface area contributed by atoms with Gasteiger partial charge in [0.2, 0.25) is 0 Å². The van der Waals surface area contributed by atoms with Crippen molar-refractivity contribution in [1.82, 2.24) is 15.1 Å². The monoisotopic (exact) mass is 452 g/mol. The summed E-state index contributed by atoms with van der Waals surface area (Å²) in [7, 11) is 0. The third kappa shape index (κ3) is 5.29. The first kappa shape index (κ1) is 21.9. The van der Waals surface area contributed by atoms with E-state index < -0.39 is 0 Å². The molecular weight excluding hydrogens is 428 g/mol. The molecule has 4 rings (SSSR count). The van der Waals surface area contributed by atoms with Crippen molar-refractivity contribution in [3.05, 3.63) is 65.7 Å². The number of carbonyl (C=O) groups excluding carboxylic acids is 1. The molecule has 32 heavy (non-hydrogen) atoms. The number of carbonyl (C=O) groups is 1. The Kier molecular flexibility index (Phi) is 7.07. The van der Waals surface area contributed by atoms with Gasteiger partial charge < -0.3 is 19.3 Å². The summed E-state index contributed by atoms with van der Waals surface area (Å²) in [6.07, 6.45) is 0. The third-order valence-electron chi connectivity index (χ3n) is 5.26. The van der Waals surface area contributed by atoms with E-state index in [0.717, 1.165) is 22.8 Å². The molecule has 0 spiro atoms. The van der Waals surface area contributed by atoms with Crippen LogP contribution >= 0.6 is 11.6 Å². The lowest BCUT2D eigenvalue weighted by atomic mass is 10.1. The number of anilines is 1. The number of amides is 1. The lowest BCUT2D eigenvalue weighted by Gasteiger charge is -2.35. The zero-order valence-electron chi connectivity index (χ0n) is 17.9. The summed E-state index contributed by atoms with van der Waals surface area (Å²) < 4.78 is 11.1. The molecule has 166 valence electrons. The summed E-state index contributed by atoms with van der Waals surface area (Å²) in [5.41, 5.74) is 1.80. The molecule has 0 radical (unpaired) electrons. The normalized spacial score (nSPS) is 13.7. The highest BCUT2D eigenvalue weighted by molar-refractivity contribution is 6.32. The van der Waals surface area contributed by atoms with Crippen LogP contribution in [0.15, 0.2) is 60.7 Å². The van der Waals surface area contributed by atoms with Gasteiger partial charge in [-0.1, -0.05) is 23.7 Å². The van der Waals surface area contributed by atoms with E-state index in [0.29, 0.717) is 43.6 Å². The van der Waals surface area contributed by atoms with Crippen LogP contribution in [0.4, 0.5) is 5.82 Å². The van der Waals surface area contributed by atoms with Crippen LogP contribution in [0.5, 0.6) is 11.5 Å². The summed E-state index contributed by atoms with van der Waals surface area (Å²) >= 11 is 6.08. The van der Waals surface area contributed by atoms with E-state index in [-0.39, 0.29) is 12.5 Å². The van der Waals surface area contributed by atoms with E-state index in [1.165, 1.54) is 0 Å². The molecular formula is C24H25ClN4O3. The Morgan fingerprint density at radius 3 is 2.34 bits per heavy atom. The highest BCUT2D eigenvalue weighted by atomic mass is 35.5. The fourth-order valence-electron chi connectivity index (χ4n) is 3.51. The second kappa shape index (κ2) is 10.3. The number of nitrogens with zero attached hydrogens (tertiary/aromatic N) is 4. The lowest BCUT2D eigenvalue weighted by molar-refractivity contribution is -0.133. The summed E-state index contributed by atoms with van der Waals surface area (Å²) in [6.45, 7) is 5.16. The maximum absolute atomic E-state index is 12.5. The van der Waals surface area contributed by atoms with Gasteiger partial charge in [0.15, 0.2) is 12.4 Å². The van der Waals surface area contributed by atoms with Gasteiger partial charge in [-0.3, -0.25) is 4.79 Å². The lowest BCUT2D eigenvalue weighted by Crippen LogP contribution is -2.50. The minimum atomic E-state index is -0.0542. The number of para-hydroxylation sites is 1. The van der Waals surface area contributed by atoms with Crippen LogP contribution in [0, 0.1) is 0 Å². The number of hydrogen-bond acceptors (Lipinski definition) is 6. The molecule has 7 nitrogen and oxygen atoms in total. The smallest absolute Gasteiger partial charge is 0.260 e. The Hall–Kier alpha value is -3.32. The van der Waals surface area contributed by atoms with Crippen LogP contribution in [0.1, 0.15) is 6.92 Å². The van der Waals surface area contributed by atoms with Crippen molar-refractivity contribution in [2.75, 3.05) is 44.3 Å². The molecule has 1 aliphatic rings. The van der Waals surface area contributed by atoms with Crippen molar-refractivity contribution in [2.24, 2.45) is 0 Å². The number of halogens is 1. The molecule has 8 heteroatoms. The van der Waals surface area contributed by atoms with Crippen LogP contribution in [-0.4, -0.2) is 60.4 Å². The predicted molar refractivity (Wildman–Crippen MR) is 124 cm³/mol. The van der Waals surface area contributed by atoms with E-state index >= 15 is 0 Å². The van der Waals surface area contributed by atoms with E-state index in [9.17, 15) is 4.79 Å². The zero-order chi connectivity index (χ0) is 22.3. The van der Waals surface area contributed by atoms with Gasteiger partial charge in [0.25, 0.3) is 5.91 Å². The van der Waals surface area contributed by atoms with Crippen molar-refractivity contribution < 1.29 is 14.3 Å². The standard InChI is InChI=1S/C24H25ClN4O3/c1-2-31-19-9-7-18(8-10-19)21-11-12-23(27-26-21)28-13-15-29(16-14-28)24(30)17-32-22-6-4-3-5-20(22)25/h3-12H,2,13-17H2,1H3. The van der Waals surface area contributed by atoms with Crippen molar-refractivity contribution in [3.63, 3.8) is 0 Å². The molecule has 1 fully saturated rings. The van der Waals surface area contributed by atoms with Crippen LogP contribution < -0.4 is 14.4 Å². The van der Waals surface area contributed by atoms with E-state index in [4.69, 9.17) is 21.1 Å². The maximum atomic E-state index is 12.5. The van der Waals surface area contributed by atoms with E-state index in [2.05, 4.69) is 15.1 Å². The molecule has 2 aromatic carbocycles. The number of rotatable bonds is 7. The number of piperazine rings is 1. The first-order valence-electron chi connectivity index (χ1n) is 10.6. The maximum Gasteiger partial charge on any atom is 0.260 e. The van der Waals surface area contributed by atoms with Gasteiger partial charge in [-0.2, -0.15) is 0 Å². The molecule has 0 unspecified atom stereocenters. The molecule has 1 aliphatic heterocycles. The third-order valence-corrected chi connectivity index (χ3v) is 5.57. The number of ether oxygens (including phenoxy) is 2. The van der Waals surface area contributed by atoms with Gasteiger partial charge in [-0.05, 0) is 55.5 Å². The molecule has 1 saturated heterocycles. The summed E-state index contributed by atoms with van der Waals surface area (Å²) in [5, 5.41) is 9.27. The molecule has 3 aromatic rings. The Balaban J connectivity index is 1.29. The number of benzene rings is 2. The van der Waals surface area contributed by atoms with Gasteiger partial charge in [-0.15, -0.1) is 10.2 Å². The molecule has 0 aliphatic carbocycles. The molecule has 1 aromatic heterocycles. The Morgan fingerprint density at radius 2 is 1.69 bits per heavy atom. The predicted octanol–water partition coefficient (Wildman–Crippen LogP) is 3.92. The minimum Gasteiger partial charge on any atom is -0.494 e. The van der Waals surface area contributed by atoms with Gasteiger partial charge in [0.1, 0.15) is 11.5 Å². The Morgan fingerprint density at radius 1 is 0.938 bits per heavy atom. The highest BCUT2D eigenvalue weighted by Crippen LogP contribution is 2.24. The zero-order valence-corrected chi connectivity index (χ0v) is 18.7. The molecule has 0 saturated carbocycles. The van der Waals surface area contributed by atoms with Gasteiger partial charge in [-0.25, -0.2) is 0 Å². The van der Waals surface area contributed by atoms with Crippen LogP contribution in [0.3, 0.4) is 0 Å². The average Bonchev–Trinajstić information content (AvgIpc) is 2.84. The first-order chi connectivity index (χ1) is 15.6. The second-order valence-electron chi connectivity index (χ2n) is 7.32. The van der Waals surface area contributed by atoms with Crippen molar-refractivity contribution in [1.29, 1.82) is 0 Å². The first-order valence-corrected chi connectivity index (χ1v) is 11.0. The minimum absolute atomic E-state index is 0.0275. The van der Waals surface area contributed by atoms with E-state index in [1.54, 1.807) is 17.0 Å². The summed E-state index contributed by atoms with van der Waals surface area (Å²) in [6, 6.07) is 18.9. The van der Waals surface area contributed by atoms with Gasteiger partial charge in [0, 0.05) is 31.7 Å². The Labute approximate surface area is 192 Å². The SMILES string of the molecule is CCOc1ccc(-c2ccc(N3CCN(C(=O)COc4ccccc4Cl)CC3)nn2)cc1. The summed E-state index contributed by atoms with van der Waals surface area (Å²) in [4.78, 5) is 16.4. The molecule has 2 heterocycles. The number of aromatic nitrogens is 2. The molecule has 0 atom stereocenters. The quantitative estimate of drug-likeness (QED) is 0.541. The Bertz CT molecular complexity index is 1040. The molecule has 0 bridgehead atoms. The van der Waals surface area contributed by atoms with Crippen molar-refractivity contribution in [3.8, 4) is 22.8 Å². The van der Waals surface area contributed by atoms with Crippen molar-refractivity contribution >= 4 is 23.3 Å². The summed E-state index contributed by atoms with van der Waals surface area (Å²) in [5.74, 6) is 2.11. The molecule has 1 amide bonds. The van der Waals surface area contributed by atoms with Crippen molar-refractivity contribution in [2.45, 2.75) is 6.92 Å². The fraction of sp³-hybridized carbons (Fsp3) is 0.292. The van der Waals surface area contributed by atoms with Crippen LogP contribution in [0.25, 0.3) is 11.3 Å². The average molecular weight is 453 g/mol. The van der Waals surface area contributed by atoms with Crippen LogP contribution in [0.2, 0.25) is 5.02 Å². The van der Waals surface area contributed by atoms with Crippen LogP contribution in [-0.2, 0) is 4.79 Å². The number of hydrogen-bond donors (Lipinski definition) is 0. The topological polar surface area (TPSA) is 67.8 Å². The van der Waals surface area contributed by atoms with Gasteiger partial charge in [0.05, 0.1) is 17.3 Å². The van der Waals surface area contributed by atoms with Gasteiger partial charge >= 0.3 is 0 Å². The highest BCUT2D eigenvalue weighted by Gasteiger charge is 2.22. The second-order valence-corrected chi connectivity index (χ2v) is 7.73. The fourth-order valence-corrected chi connectivity index (χ4v) is 3.70. The molecule has 0 N–H and O–H groups in total. The van der Waals surface area contributed by atoms with E-state index in [1.807, 2.05) is 55.5 Å².